The van der Waals surface area contributed by atoms with Gasteiger partial charge in [-0.2, -0.15) is 0 Å². The quantitative estimate of drug-likeness (QED) is 0.571. The van der Waals surface area contributed by atoms with Gasteiger partial charge in [-0.15, -0.1) is 0 Å². The molecule has 2 aromatic rings. The van der Waals surface area contributed by atoms with Crippen molar-refractivity contribution in [2.75, 3.05) is 18.6 Å². The van der Waals surface area contributed by atoms with Crippen molar-refractivity contribution < 1.29 is 14.3 Å². The lowest BCUT2D eigenvalue weighted by molar-refractivity contribution is -0.139. The molecule has 24 heavy (non-hydrogen) atoms. The number of carbonyl (C=O) groups is 2. The Balaban J connectivity index is 2.01. The summed E-state index contributed by atoms with van der Waals surface area (Å²) < 4.78 is 5.66. The third-order valence-electron chi connectivity index (χ3n) is 3.49. The second-order valence-electron chi connectivity index (χ2n) is 5.10. The first-order chi connectivity index (χ1) is 11.6. The Bertz CT molecular complexity index is 835. The highest BCUT2D eigenvalue weighted by atomic mass is 79.9. The molecule has 0 N–H and O–H groups in total. The Morgan fingerprint density at radius 1 is 1.25 bits per heavy atom. The number of carbonyl (C=O) groups excluding carboxylic acids is 2. The molecule has 6 heteroatoms. The number of para-hydroxylation sites is 1. The van der Waals surface area contributed by atoms with Crippen LogP contribution in [0.4, 0.5) is 5.69 Å². The number of halogens is 1. The van der Waals surface area contributed by atoms with Crippen molar-refractivity contribution in [1.29, 1.82) is 0 Å². The summed E-state index contributed by atoms with van der Waals surface area (Å²) in [6, 6.07) is 15.2. The standard InChI is InChI=1S/C18H14BrNO3S/c1-23-17(21)11-20-14-7-2-3-8-15(14)24-16(18(20)22)10-12-5-4-6-13(19)9-12/h2-10H,11H2,1H3/b16-10-. The summed E-state index contributed by atoms with van der Waals surface area (Å²) in [5, 5.41) is 0. The number of rotatable bonds is 3. The normalized spacial score (nSPS) is 15.3. The first kappa shape index (κ1) is 16.8. The second-order valence-corrected chi connectivity index (χ2v) is 7.10. The van der Waals surface area contributed by atoms with E-state index in [1.165, 1.54) is 23.8 Å². The van der Waals surface area contributed by atoms with Crippen molar-refractivity contribution in [3.8, 4) is 0 Å². The topological polar surface area (TPSA) is 46.6 Å². The molecule has 0 aromatic heterocycles. The molecule has 2 aromatic carbocycles. The van der Waals surface area contributed by atoms with E-state index in [9.17, 15) is 9.59 Å². The van der Waals surface area contributed by atoms with E-state index in [1.54, 1.807) is 0 Å². The fourth-order valence-corrected chi connectivity index (χ4v) is 3.84. The molecule has 0 bridgehead atoms. The number of esters is 1. The Kier molecular flexibility index (Phi) is 5.06. The van der Waals surface area contributed by atoms with Crippen molar-refractivity contribution in [1.82, 2.24) is 0 Å². The molecule has 1 amide bonds. The number of benzene rings is 2. The van der Waals surface area contributed by atoms with E-state index in [0.717, 1.165) is 20.6 Å². The van der Waals surface area contributed by atoms with Crippen LogP contribution in [-0.4, -0.2) is 25.5 Å². The highest BCUT2D eigenvalue weighted by Crippen LogP contribution is 2.42. The minimum atomic E-state index is -0.452. The number of amides is 1. The molecule has 122 valence electrons. The largest absolute Gasteiger partial charge is 0.468 e. The summed E-state index contributed by atoms with van der Waals surface area (Å²) in [5.41, 5.74) is 1.64. The predicted molar refractivity (Wildman–Crippen MR) is 98.8 cm³/mol. The first-order valence-corrected chi connectivity index (χ1v) is 8.82. The monoisotopic (exact) mass is 403 g/mol. The van der Waals surface area contributed by atoms with E-state index in [2.05, 4.69) is 15.9 Å². The fraction of sp³-hybridized carbons (Fsp3) is 0.111. The van der Waals surface area contributed by atoms with Crippen LogP contribution in [0.15, 0.2) is 62.8 Å². The van der Waals surface area contributed by atoms with E-state index in [-0.39, 0.29) is 12.5 Å². The van der Waals surface area contributed by atoms with Crippen molar-refractivity contribution >= 4 is 51.3 Å². The maximum atomic E-state index is 12.8. The Labute approximate surface area is 152 Å². The highest BCUT2D eigenvalue weighted by molar-refractivity contribution is 9.10. The molecule has 1 heterocycles. The minimum absolute atomic E-state index is 0.108. The van der Waals surface area contributed by atoms with Gasteiger partial charge in [0, 0.05) is 9.37 Å². The summed E-state index contributed by atoms with van der Waals surface area (Å²) in [6.07, 6.45) is 1.83. The Hall–Kier alpha value is -2.05. The predicted octanol–water partition coefficient (Wildman–Crippen LogP) is 4.10. The van der Waals surface area contributed by atoms with Gasteiger partial charge in [-0.25, -0.2) is 0 Å². The molecule has 0 atom stereocenters. The van der Waals surface area contributed by atoms with E-state index in [4.69, 9.17) is 4.74 Å². The number of anilines is 1. The molecule has 1 aliphatic heterocycles. The molecule has 4 nitrogen and oxygen atoms in total. The Morgan fingerprint density at radius 2 is 2.04 bits per heavy atom. The lowest BCUT2D eigenvalue weighted by atomic mass is 10.2. The molecule has 0 saturated heterocycles. The number of hydrogen-bond donors (Lipinski definition) is 0. The van der Waals surface area contributed by atoms with Gasteiger partial charge in [-0.05, 0) is 35.9 Å². The van der Waals surface area contributed by atoms with Crippen LogP contribution in [0, 0.1) is 0 Å². The van der Waals surface area contributed by atoms with Crippen LogP contribution in [0.5, 0.6) is 0 Å². The number of fused-ring (bicyclic) bond motifs is 1. The summed E-state index contributed by atoms with van der Waals surface area (Å²) in [7, 11) is 1.32. The maximum Gasteiger partial charge on any atom is 0.325 e. The molecular formula is C18H14BrNO3S. The van der Waals surface area contributed by atoms with Crippen LogP contribution in [0.2, 0.25) is 0 Å². The average molecular weight is 404 g/mol. The number of methoxy groups -OCH3 is 1. The van der Waals surface area contributed by atoms with Crippen LogP contribution in [0.3, 0.4) is 0 Å². The highest BCUT2D eigenvalue weighted by Gasteiger charge is 2.30. The second kappa shape index (κ2) is 7.23. The van der Waals surface area contributed by atoms with Crippen molar-refractivity contribution in [3.63, 3.8) is 0 Å². The summed E-state index contributed by atoms with van der Waals surface area (Å²) in [5.74, 6) is -0.657. The van der Waals surface area contributed by atoms with Gasteiger partial charge in [0.2, 0.25) is 0 Å². The van der Waals surface area contributed by atoms with Crippen LogP contribution >= 0.6 is 27.7 Å². The molecule has 0 aliphatic carbocycles. The number of ether oxygens (including phenoxy) is 1. The van der Waals surface area contributed by atoms with Gasteiger partial charge in [0.05, 0.1) is 17.7 Å². The van der Waals surface area contributed by atoms with Gasteiger partial charge in [0.1, 0.15) is 6.54 Å². The number of hydrogen-bond acceptors (Lipinski definition) is 4. The van der Waals surface area contributed by atoms with Crippen LogP contribution < -0.4 is 4.90 Å². The molecule has 0 fully saturated rings. The van der Waals surface area contributed by atoms with Crippen LogP contribution in [0.25, 0.3) is 6.08 Å². The zero-order chi connectivity index (χ0) is 17.1. The first-order valence-electron chi connectivity index (χ1n) is 7.21. The van der Waals surface area contributed by atoms with Gasteiger partial charge in [0.15, 0.2) is 0 Å². The third-order valence-corrected chi connectivity index (χ3v) is 5.06. The number of nitrogens with zero attached hydrogens (tertiary/aromatic N) is 1. The summed E-state index contributed by atoms with van der Waals surface area (Å²) in [4.78, 5) is 27.5. The van der Waals surface area contributed by atoms with Crippen LogP contribution in [0.1, 0.15) is 5.56 Å². The Morgan fingerprint density at radius 3 is 2.79 bits per heavy atom. The van der Waals surface area contributed by atoms with Gasteiger partial charge < -0.3 is 4.74 Å². The lowest BCUT2D eigenvalue weighted by Crippen LogP contribution is -2.38. The van der Waals surface area contributed by atoms with E-state index < -0.39 is 5.97 Å². The molecule has 0 unspecified atom stereocenters. The third kappa shape index (κ3) is 3.55. The summed E-state index contributed by atoms with van der Waals surface area (Å²) >= 11 is 4.84. The molecular weight excluding hydrogens is 390 g/mol. The molecule has 3 rings (SSSR count). The van der Waals surface area contributed by atoms with Gasteiger partial charge in [0.25, 0.3) is 5.91 Å². The van der Waals surface area contributed by atoms with Gasteiger partial charge in [-0.1, -0.05) is 52.0 Å². The minimum Gasteiger partial charge on any atom is -0.468 e. The SMILES string of the molecule is COC(=O)CN1C(=O)/C(=C/c2cccc(Br)c2)Sc2ccccc21. The maximum absolute atomic E-state index is 12.8. The zero-order valence-electron chi connectivity index (χ0n) is 12.9. The van der Waals surface area contributed by atoms with E-state index in [1.807, 2.05) is 54.6 Å². The van der Waals surface area contributed by atoms with Crippen molar-refractivity contribution in [2.24, 2.45) is 0 Å². The summed E-state index contributed by atoms with van der Waals surface area (Å²) in [6.45, 7) is -0.108. The molecule has 0 saturated carbocycles. The lowest BCUT2D eigenvalue weighted by Gasteiger charge is -2.29. The van der Waals surface area contributed by atoms with Crippen molar-refractivity contribution in [2.45, 2.75) is 4.90 Å². The zero-order valence-corrected chi connectivity index (χ0v) is 15.3. The van der Waals surface area contributed by atoms with Crippen molar-refractivity contribution in [3.05, 3.63) is 63.5 Å². The molecule has 0 spiro atoms. The van der Waals surface area contributed by atoms with E-state index >= 15 is 0 Å². The smallest absolute Gasteiger partial charge is 0.325 e. The molecule has 0 radical (unpaired) electrons. The fourth-order valence-electron chi connectivity index (χ4n) is 2.36. The molecule has 1 aliphatic rings. The van der Waals surface area contributed by atoms with Gasteiger partial charge >= 0.3 is 5.97 Å². The number of thioether (sulfide) groups is 1. The van der Waals surface area contributed by atoms with Gasteiger partial charge in [-0.3, -0.25) is 14.5 Å². The van der Waals surface area contributed by atoms with Crippen LogP contribution in [-0.2, 0) is 14.3 Å². The average Bonchev–Trinajstić information content (AvgIpc) is 2.58. The van der Waals surface area contributed by atoms with E-state index in [0.29, 0.717) is 4.91 Å².